The first-order chi connectivity index (χ1) is 18.2. The topological polar surface area (TPSA) is 280 Å². The molecule has 2 fully saturated rings. The molecule has 2 rings (SSSR count). The predicted octanol–water partition coefficient (Wildman–Crippen LogP) is -5.51. The molecule has 4 unspecified atom stereocenters. The number of nitrogens with one attached hydrogen (secondary N) is 2. The van der Waals surface area contributed by atoms with Crippen molar-refractivity contribution in [3.63, 3.8) is 0 Å². The van der Waals surface area contributed by atoms with Gasteiger partial charge in [-0.15, -0.1) is 0 Å². The van der Waals surface area contributed by atoms with E-state index in [1.807, 2.05) is 0 Å². The number of aliphatic hydroxyl groups excluding tert-OH is 4. The summed E-state index contributed by atoms with van der Waals surface area (Å²) >= 11 is 0. The molecule has 11 atom stereocenters. The normalized spacial score (nSPS) is 36.7. The van der Waals surface area contributed by atoms with Gasteiger partial charge in [0.2, 0.25) is 5.91 Å². The van der Waals surface area contributed by atoms with Crippen LogP contribution in [0.15, 0.2) is 0 Å². The standard InChI is InChI=1S/C23H49N7O8/c24-5-2-1-3-7-29-8-9-36-21-13(30-22(35)14(31)4-6-25)10-12(27)20(19(21)34)38-23-16(28)18(33)17(32)15(11-26)37-23/h12-21,23,29,31-34H,1-11,24-28H2,(H,30,35)/t12?,13-,14+,15?,16?,17-,18-,19+,20-,21?,23-/m1/s1. The lowest BCUT2D eigenvalue weighted by Crippen LogP contribution is -2.68. The Hall–Kier alpha value is -1.05. The fraction of sp³-hybridized carbons (Fsp3) is 0.957. The van der Waals surface area contributed by atoms with E-state index in [9.17, 15) is 25.2 Å². The Morgan fingerprint density at radius 2 is 1.71 bits per heavy atom. The predicted molar refractivity (Wildman–Crippen MR) is 138 cm³/mol. The van der Waals surface area contributed by atoms with E-state index in [4.69, 9.17) is 42.9 Å². The van der Waals surface area contributed by atoms with E-state index < -0.39 is 73.1 Å². The minimum atomic E-state index is -1.36. The third kappa shape index (κ3) is 9.26. The Kier molecular flexibility index (Phi) is 14.8. The molecule has 2 aliphatic rings. The molecular weight excluding hydrogens is 502 g/mol. The third-order valence-electron chi connectivity index (χ3n) is 7.01. The summed E-state index contributed by atoms with van der Waals surface area (Å²) in [5, 5.41) is 47.7. The number of hydrogen-bond donors (Lipinski definition) is 11. The van der Waals surface area contributed by atoms with E-state index in [1.54, 1.807) is 0 Å². The van der Waals surface area contributed by atoms with Crippen LogP contribution < -0.4 is 39.3 Å². The number of ether oxygens (including phenoxy) is 3. The van der Waals surface area contributed by atoms with Crippen LogP contribution in [0.4, 0.5) is 0 Å². The summed E-state index contributed by atoms with van der Waals surface area (Å²) in [6.45, 7) is 2.20. The second kappa shape index (κ2) is 16.9. The molecule has 1 saturated carbocycles. The molecule has 16 N–H and O–H groups in total. The summed E-state index contributed by atoms with van der Waals surface area (Å²) in [4.78, 5) is 12.5. The summed E-state index contributed by atoms with van der Waals surface area (Å²) in [6.07, 6.45) is -6.23. The number of unbranched alkanes of at least 4 members (excludes halogenated alkanes) is 2. The van der Waals surface area contributed by atoms with Gasteiger partial charge >= 0.3 is 0 Å². The number of hydrogen-bond acceptors (Lipinski definition) is 14. The first-order valence-corrected chi connectivity index (χ1v) is 13.4. The van der Waals surface area contributed by atoms with Gasteiger partial charge in [-0.3, -0.25) is 4.79 Å². The highest BCUT2D eigenvalue weighted by molar-refractivity contribution is 5.80. The number of carbonyl (C=O) groups is 1. The van der Waals surface area contributed by atoms with Crippen LogP contribution in [0.2, 0.25) is 0 Å². The van der Waals surface area contributed by atoms with Crippen LogP contribution in [0.5, 0.6) is 0 Å². The lowest BCUT2D eigenvalue weighted by molar-refractivity contribution is -0.289. The Morgan fingerprint density at radius 3 is 2.37 bits per heavy atom. The molecule has 0 spiro atoms. The van der Waals surface area contributed by atoms with Crippen LogP contribution in [0.25, 0.3) is 0 Å². The monoisotopic (exact) mass is 551 g/mol. The number of carbonyl (C=O) groups excluding carboxylic acids is 1. The molecule has 0 aromatic rings. The molecule has 1 amide bonds. The van der Waals surface area contributed by atoms with Crippen LogP contribution in [0.3, 0.4) is 0 Å². The largest absolute Gasteiger partial charge is 0.388 e. The van der Waals surface area contributed by atoms with Crippen LogP contribution in [0, 0.1) is 0 Å². The van der Waals surface area contributed by atoms with Crippen molar-refractivity contribution < 1.29 is 39.4 Å². The van der Waals surface area contributed by atoms with E-state index in [0.717, 1.165) is 25.8 Å². The fourth-order valence-corrected chi connectivity index (χ4v) is 4.73. The molecule has 1 aliphatic heterocycles. The van der Waals surface area contributed by atoms with Crippen molar-refractivity contribution >= 4 is 5.91 Å². The smallest absolute Gasteiger partial charge is 0.249 e. The van der Waals surface area contributed by atoms with E-state index in [0.29, 0.717) is 13.1 Å². The molecule has 1 heterocycles. The average Bonchev–Trinajstić information content (AvgIpc) is 2.89. The maximum atomic E-state index is 12.5. The second-order valence-electron chi connectivity index (χ2n) is 9.97. The molecule has 0 aromatic carbocycles. The van der Waals surface area contributed by atoms with Gasteiger partial charge in [0.1, 0.15) is 42.7 Å². The minimum Gasteiger partial charge on any atom is -0.388 e. The Morgan fingerprint density at radius 1 is 0.974 bits per heavy atom. The van der Waals surface area contributed by atoms with Crippen molar-refractivity contribution in [2.75, 3.05) is 39.3 Å². The van der Waals surface area contributed by atoms with Crippen molar-refractivity contribution in [3.05, 3.63) is 0 Å². The lowest BCUT2D eigenvalue weighted by atomic mass is 9.83. The third-order valence-corrected chi connectivity index (χ3v) is 7.01. The summed E-state index contributed by atoms with van der Waals surface area (Å²) < 4.78 is 17.6. The van der Waals surface area contributed by atoms with Crippen molar-refractivity contribution in [1.29, 1.82) is 0 Å². The summed E-state index contributed by atoms with van der Waals surface area (Å²) in [5.74, 6) is -0.647. The first-order valence-electron chi connectivity index (χ1n) is 13.4. The van der Waals surface area contributed by atoms with E-state index in [1.165, 1.54) is 0 Å². The highest BCUT2D eigenvalue weighted by Gasteiger charge is 2.49. The van der Waals surface area contributed by atoms with Gasteiger partial charge in [-0.05, 0) is 45.3 Å². The zero-order valence-corrected chi connectivity index (χ0v) is 21.9. The summed E-state index contributed by atoms with van der Waals surface area (Å²) in [6, 6.07) is -2.65. The fourth-order valence-electron chi connectivity index (χ4n) is 4.73. The van der Waals surface area contributed by atoms with Crippen LogP contribution >= 0.6 is 0 Å². The Labute approximate surface area is 223 Å². The number of aliphatic hydroxyl groups is 4. The second-order valence-corrected chi connectivity index (χ2v) is 9.97. The van der Waals surface area contributed by atoms with Crippen molar-refractivity contribution in [2.24, 2.45) is 28.7 Å². The summed E-state index contributed by atoms with van der Waals surface area (Å²) in [7, 11) is 0. The maximum absolute atomic E-state index is 12.5. The number of rotatable bonds is 16. The Bertz CT molecular complexity index is 682. The highest BCUT2D eigenvalue weighted by Crippen LogP contribution is 2.29. The van der Waals surface area contributed by atoms with Gasteiger partial charge in [0.25, 0.3) is 0 Å². The highest BCUT2D eigenvalue weighted by atomic mass is 16.7. The van der Waals surface area contributed by atoms with Crippen LogP contribution in [0.1, 0.15) is 32.1 Å². The lowest BCUT2D eigenvalue weighted by Gasteiger charge is -2.47. The van der Waals surface area contributed by atoms with Gasteiger partial charge in [-0.1, -0.05) is 6.42 Å². The molecule has 224 valence electrons. The molecular formula is C23H49N7O8. The van der Waals surface area contributed by atoms with Gasteiger partial charge in [0.05, 0.1) is 18.7 Å². The van der Waals surface area contributed by atoms with Gasteiger partial charge in [0.15, 0.2) is 6.29 Å². The van der Waals surface area contributed by atoms with Gasteiger partial charge in [0, 0.05) is 19.1 Å². The zero-order valence-electron chi connectivity index (χ0n) is 21.9. The summed E-state index contributed by atoms with van der Waals surface area (Å²) in [5.41, 5.74) is 28.9. The average molecular weight is 552 g/mol. The molecule has 15 nitrogen and oxygen atoms in total. The van der Waals surface area contributed by atoms with Gasteiger partial charge in [-0.2, -0.15) is 0 Å². The van der Waals surface area contributed by atoms with Crippen molar-refractivity contribution in [2.45, 2.75) is 99.2 Å². The quantitative estimate of drug-likeness (QED) is 0.0798. The molecule has 1 saturated heterocycles. The van der Waals surface area contributed by atoms with Gasteiger partial charge < -0.3 is 73.9 Å². The van der Waals surface area contributed by atoms with Crippen LogP contribution in [-0.4, -0.2) is 133 Å². The minimum absolute atomic E-state index is 0.0753. The van der Waals surface area contributed by atoms with Crippen molar-refractivity contribution in [3.8, 4) is 0 Å². The molecule has 1 aliphatic carbocycles. The zero-order chi connectivity index (χ0) is 28.2. The molecule has 0 bridgehead atoms. The van der Waals surface area contributed by atoms with E-state index in [2.05, 4.69) is 10.6 Å². The maximum Gasteiger partial charge on any atom is 0.249 e. The molecule has 15 heteroatoms. The SMILES string of the molecule is NCCCCCNCCOC1[C@@H](O)[C@H](O[C@H]2OC(CN)[C@@H](O)[C@H](O)C2N)C(N)C[C@H]1NC(=O)[C@@H](O)CCN. The molecule has 38 heavy (non-hydrogen) atoms. The number of nitrogens with two attached hydrogens (primary N) is 5. The first kappa shape index (κ1) is 33.2. The number of amides is 1. The van der Waals surface area contributed by atoms with E-state index >= 15 is 0 Å². The van der Waals surface area contributed by atoms with Gasteiger partial charge in [-0.25, -0.2) is 0 Å². The molecule has 0 aromatic heterocycles. The van der Waals surface area contributed by atoms with Crippen molar-refractivity contribution in [1.82, 2.24) is 10.6 Å². The van der Waals surface area contributed by atoms with E-state index in [-0.39, 0.29) is 32.5 Å². The Balaban J connectivity index is 2.07. The van der Waals surface area contributed by atoms with Crippen LogP contribution in [-0.2, 0) is 19.0 Å². The molecule has 0 radical (unpaired) electrons.